The first-order chi connectivity index (χ1) is 10.1. The normalized spacial score (nSPS) is 25.1. The fraction of sp³-hybridized carbons (Fsp3) is 0.867. The van der Waals surface area contributed by atoms with Gasteiger partial charge < -0.3 is 15.5 Å². The summed E-state index contributed by atoms with van der Waals surface area (Å²) in [6.07, 6.45) is 9.59. The highest BCUT2D eigenvalue weighted by Crippen LogP contribution is 2.27. The van der Waals surface area contributed by atoms with Crippen molar-refractivity contribution in [3.8, 4) is 0 Å². The smallest absolute Gasteiger partial charge is 0.243 e. The maximum absolute atomic E-state index is 11.7. The summed E-state index contributed by atoms with van der Waals surface area (Å²) in [6, 6.07) is 1.03. The Morgan fingerprint density at radius 2 is 1.86 bits per heavy atom. The van der Waals surface area contributed by atoms with Gasteiger partial charge in [-0.3, -0.25) is 4.79 Å². The molecule has 2 aliphatic carbocycles. The predicted molar refractivity (Wildman–Crippen MR) is 105 cm³/mol. The molecule has 0 spiro atoms. The first-order valence-electron chi connectivity index (χ1n) is 7.89. The van der Waals surface area contributed by atoms with Crippen molar-refractivity contribution in [1.29, 1.82) is 0 Å². The van der Waals surface area contributed by atoms with Crippen molar-refractivity contribution in [2.24, 2.45) is 4.99 Å². The molecule has 2 atom stereocenters. The van der Waals surface area contributed by atoms with Crippen LogP contribution < -0.4 is 10.6 Å². The Morgan fingerprint density at radius 1 is 1.18 bits per heavy atom. The number of guanidine groups is 1. The Kier molecular flexibility index (Phi) is 8.89. The molecule has 0 heterocycles. The summed E-state index contributed by atoms with van der Waals surface area (Å²) in [7, 11) is 3.53. The number of halogens is 1. The zero-order valence-electron chi connectivity index (χ0n) is 13.8. The van der Waals surface area contributed by atoms with Gasteiger partial charge in [0.25, 0.3) is 0 Å². The van der Waals surface area contributed by atoms with Crippen molar-refractivity contribution < 1.29 is 4.79 Å². The van der Waals surface area contributed by atoms with E-state index in [-0.39, 0.29) is 36.4 Å². The third kappa shape index (κ3) is 6.93. The number of rotatable bonds is 5. The van der Waals surface area contributed by atoms with Crippen LogP contribution in [0.15, 0.2) is 4.99 Å². The van der Waals surface area contributed by atoms with Gasteiger partial charge in [0.1, 0.15) is 6.54 Å². The average Bonchev–Trinajstić information content (AvgIpc) is 3.28. The first-order valence-corrected chi connectivity index (χ1v) is 9.17. The van der Waals surface area contributed by atoms with E-state index in [9.17, 15) is 4.79 Å². The minimum atomic E-state index is 0. The van der Waals surface area contributed by atoms with Crippen molar-refractivity contribution in [2.75, 3.05) is 26.9 Å². The van der Waals surface area contributed by atoms with Crippen LogP contribution in [0.1, 0.15) is 38.5 Å². The molecule has 1 amide bonds. The maximum Gasteiger partial charge on any atom is 0.243 e. The molecule has 5 nitrogen and oxygen atoms in total. The van der Waals surface area contributed by atoms with Gasteiger partial charge in [0.2, 0.25) is 5.91 Å². The summed E-state index contributed by atoms with van der Waals surface area (Å²) in [4.78, 5) is 17.8. The minimum Gasteiger partial charge on any atom is -0.354 e. The molecule has 2 aliphatic rings. The highest BCUT2D eigenvalue weighted by molar-refractivity contribution is 14.0. The predicted octanol–water partition coefficient (Wildman–Crippen LogP) is 2.06. The lowest BCUT2D eigenvalue weighted by molar-refractivity contribution is -0.127. The van der Waals surface area contributed by atoms with Gasteiger partial charge in [0.15, 0.2) is 5.96 Å². The number of amides is 1. The van der Waals surface area contributed by atoms with Crippen molar-refractivity contribution >= 4 is 47.6 Å². The Hall–Kier alpha value is -0.180. The summed E-state index contributed by atoms with van der Waals surface area (Å²) in [5.74, 6) is 0.858. The number of aliphatic imine (C=N–C) groups is 1. The van der Waals surface area contributed by atoms with Crippen LogP contribution in [-0.4, -0.2) is 61.0 Å². The van der Waals surface area contributed by atoms with Gasteiger partial charge in [0, 0.05) is 31.4 Å². The molecule has 2 N–H and O–H groups in total. The molecule has 0 saturated heterocycles. The van der Waals surface area contributed by atoms with Crippen LogP contribution >= 0.6 is 35.7 Å². The highest BCUT2D eigenvalue weighted by Gasteiger charge is 2.26. The molecule has 7 heteroatoms. The van der Waals surface area contributed by atoms with Gasteiger partial charge in [0.05, 0.1) is 0 Å². The third-order valence-electron chi connectivity index (χ3n) is 4.09. The summed E-state index contributed by atoms with van der Waals surface area (Å²) in [6.45, 7) is 0.216. The maximum atomic E-state index is 11.7. The lowest BCUT2D eigenvalue weighted by Gasteiger charge is -2.30. The SMILES string of the molecule is CSC1CCCC(NC(=NCC(=O)N(C)C)NC2CC2)C1.I. The van der Waals surface area contributed by atoms with Gasteiger partial charge in [-0.05, 0) is 38.4 Å². The van der Waals surface area contributed by atoms with Gasteiger partial charge in [-0.2, -0.15) is 11.8 Å². The molecule has 0 bridgehead atoms. The summed E-state index contributed by atoms with van der Waals surface area (Å²) in [5, 5.41) is 7.72. The monoisotopic (exact) mass is 440 g/mol. The highest BCUT2D eigenvalue weighted by atomic mass is 127. The number of hydrogen-bond acceptors (Lipinski definition) is 3. The van der Waals surface area contributed by atoms with Crippen LogP contribution in [-0.2, 0) is 4.79 Å². The Morgan fingerprint density at radius 3 is 2.45 bits per heavy atom. The second-order valence-corrected chi connectivity index (χ2v) is 7.38. The fourth-order valence-corrected chi connectivity index (χ4v) is 3.35. The largest absolute Gasteiger partial charge is 0.354 e. The van der Waals surface area contributed by atoms with E-state index in [4.69, 9.17) is 0 Å². The van der Waals surface area contributed by atoms with E-state index in [1.165, 1.54) is 38.5 Å². The van der Waals surface area contributed by atoms with Crippen LogP contribution in [0, 0.1) is 0 Å². The van der Waals surface area contributed by atoms with Gasteiger partial charge in [-0.15, -0.1) is 24.0 Å². The number of likely N-dealkylation sites (N-methyl/N-ethyl adjacent to an activating group) is 1. The molecule has 128 valence electrons. The van der Waals surface area contributed by atoms with Gasteiger partial charge >= 0.3 is 0 Å². The van der Waals surface area contributed by atoms with E-state index >= 15 is 0 Å². The van der Waals surface area contributed by atoms with Crippen molar-refractivity contribution in [3.63, 3.8) is 0 Å². The lowest BCUT2D eigenvalue weighted by Crippen LogP contribution is -2.46. The summed E-state index contributed by atoms with van der Waals surface area (Å²) >= 11 is 1.96. The topological polar surface area (TPSA) is 56.7 Å². The molecule has 22 heavy (non-hydrogen) atoms. The van der Waals surface area contributed by atoms with Crippen LogP contribution in [0.3, 0.4) is 0 Å². The molecular weight excluding hydrogens is 411 g/mol. The molecule has 0 aliphatic heterocycles. The van der Waals surface area contributed by atoms with Gasteiger partial charge in [-0.25, -0.2) is 4.99 Å². The van der Waals surface area contributed by atoms with Crippen molar-refractivity contribution in [1.82, 2.24) is 15.5 Å². The van der Waals surface area contributed by atoms with Gasteiger partial charge in [-0.1, -0.05) is 6.42 Å². The quantitative estimate of drug-likeness (QED) is 0.391. The molecule has 2 fully saturated rings. The van der Waals surface area contributed by atoms with E-state index in [2.05, 4.69) is 21.9 Å². The Bertz CT molecular complexity index is 388. The van der Waals surface area contributed by atoms with Crippen molar-refractivity contribution in [2.45, 2.75) is 55.9 Å². The lowest BCUT2D eigenvalue weighted by atomic mass is 9.95. The van der Waals surface area contributed by atoms with E-state index in [1.807, 2.05) is 11.8 Å². The number of hydrogen-bond donors (Lipinski definition) is 2. The first kappa shape index (κ1) is 19.9. The van der Waals surface area contributed by atoms with E-state index in [0.29, 0.717) is 12.1 Å². The Labute approximate surface area is 155 Å². The second kappa shape index (κ2) is 9.85. The minimum absolute atomic E-state index is 0. The zero-order valence-corrected chi connectivity index (χ0v) is 16.9. The van der Waals surface area contributed by atoms with E-state index < -0.39 is 0 Å². The van der Waals surface area contributed by atoms with Crippen LogP contribution in [0.2, 0.25) is 0 Å². The van der Waals surface area contributed by atoms with Crippen LogP contribution in [0.5, 0.6) is 0 Å². The number of nitrogens with one attached hydrogen (secondary N) is 2. The molecule has 2 rings (SSSR count). The summed E-state index contributed by atoms with van der Waals surface area (Å²) in [5.41, 5.74) is 0. The zero-order chi connectivity index (χ0) is 15.2. The number of nitrogens with zero attached hydrogens (tertiary/aromatic N) is 2. The molecule has 0 aromatic heterocycles. The molecule has 0 radical (unpaired) electrons. The molecule has 0 aromatic carbocycles. The molecule has 0 aromatic rings. The fourth-order valence-electron chi connectivity index (χ4n) is 2.53. The third-order valence-corrected chi connectivity index (χ3v) is 5.18. The standard InChI is InChI=1S/C15H28N4OS.HI/c1-19(2)14(20)10-16-15(17-11-7-8-11)18-12-5-4-6-13(9-12)21-3;/h11-13H,4-10H2,1-3H3,(H2,16,17,18);1H. The average molecular weight is 440 g/mol. The molecule has 2 unspecified atom stereocenters. The molecule has 2 saturated carbocycles. The van der Waals surface area contributed by atoms with E-state index in [1.54, 1.807) is 19.0 Å². The Balaban J connectivity index is 0.00000242. The summed E-state index contributed by atoms with van der Waals surface area (Å²) < 4.78 is 0. The number of carbonyl (C=O) groups is 1. The number of carbonyl (C=O) groups excluding carboxylic acids is 1. The van der Waals surface area contributed by atoms with Crippen LogP contribution in [0.4, 0.5) is 0 Å². The molecular formula is C15H29IN4OS. The second-order valence-electron chi connectivity index (χ2n) is 6.24. The van der Waals surface area contributed by atoms with E-state index in [0.717, 1.165) is 11.2 Å². The van der Waals surface area contributed by atoms with Crippen molar-refractivity contribution in [3.05, 3.63) is 0 Å². The number of thioether (sulfide) groups is 1. The van der Waals surface area contributed by atoms with Crippen LogP contribution in [0.25, 0.3) is 0 Å².